The van der Waals surface area contributed by atoms with Crippen molar-refractivity contribution < 1.29 is 9.53 Å². The molecule has 0 saturated carbocycles. The SMILES string of the molecule is COC(=O)c1sc2nc(NCCC(C)C)nc(Cl)c2c1C. The smallest absolute Gasteiger partial charge is 0.348 e. The largest absolute Gasteiger partial charge is 0.465 e. The predicted octanol–water partition coefficient (Wildman–Crippen LogP) is 3.90. The quantitative estimate of drug-likeness (QED) is 0.666. The number of anilines is 1. The van der Waals surface area contributed by atoms with Gasteiger partial charge in [-0.3, -0.25) is 0 Å². The highest BCUT2D eigenvalue weighted by molar-refractivity contribution is 7.20. The molecule has 0 saturated heterocycles. The molecule has 2 rings (SSSR count). The third-order valence-electron chi connectivity index (χ3n) is 3.12. The van der Waals surface area contributed by atoms with Crippen molar-refractivity contribution in [2.75, 3.05) is 19.0 Å². The minimum Gasteiger partial charge on any atom is -0.465 e. The van der Waals surface area contributed by atoms with Gasteiger partial charge in [-0.25, -0.2) is 14.8 Å². The summed E-state index contributed by atoms with van der Waals surface area (Å²) in [7, 11) is 1.36. The molecule has 0 spiro atoms. The lowest BCUT2D eigenvalue weighted by molar-refractivity contribution is 0.0605. The van der Waals surface area contributed by atoms with Crippen molar-refractivity contribution in [1.29, 1.82) is 0 Å². The molecule has 0 unspecified atom stereocenters. The Morgan fingerprint density at radius 3 is 2.76 bits per heavy atom. The Balaban J connectivity index is 2.35. The van der Waals surface area contributed by atoms with Gasteiger partial charge in [0, 0.05) is 6.54 Å². The lowest BCUT2D eigenvalue weighted by atomic mass is 10.1. The molecule has 7 heteroatoms. The molecule has 0 radical (unpaired) electrons. The van der Waals surface area contributed by atoms with Crippen LogP contribution in [-0.4, -0.2) is 29.6 Å². The normalized spacial score (nSPS) is 11.1. The summed E-state index contributed by atoms with van der Waals surface area (Å²) in [6, 6.07) is 0. The van der Waals surface area contributed by atoms with Crippen LogP contribution < -0.4 is 5.32 Å². The molecule has 0 bridgehead atoms. The molecule has 0 atom stereocenters. The van der Waals surface area contributed by atoms with E-state index in [1.54, 1.807) is 0 Å². The van der Waals surface area contributed by atoms with E-state index < -0.39 is 0 Å². The van der Waals surface area contributed by atoms with Gasteiger partial charge in [0.1, 0.15) is 14.9 Å². The fraction of sp³-hybridized carbons (Fsp3) is 0.500. The highest BCUT2D eigenvalue weighted by Crippen LogP contribution is 2.34. The van der Waals surface area contributed by atoms with Crippen LogP contribution in [0.1, 0.15) is 35.5 Å². The molecule has 2 aromatic rings. The van der Waals surface area contributed by atoms with Gasteiger partial charge in [-0.05, 0) is 24.8 Å². The number of esters is 1. The van der Waals surface area contributed by atoms with Gasteiger partial charge < -0.3 is 10.1 Å². The van der Waals surface area contributed by atoms with Crippen LogP contribution in [0.25, 0.3) is 10.2 Å². The molecule has 0 fully saturated rings. The average Bonchev–Trinajstić information content (AvgIpc) is 2.75. The van der Waals surface area contributed by atoms with Gasteiger partial charge >= 0.3 is 5.97 Å². The number of aromatic nitrogens is 2. The van der Waals surface area contributed by atoms with Gasteiger partial charge in [0.25, 0.3) is 0 Å². The summed E-state index contributed by atoms with van der Waals surface area (Å²) >= 11 is 7.51. The lowest BCUT2D eigenvalue weighted by Crippen LogP contribution is -2.07. The summed E-state index contributed by atoms with van der Waals surface area (Å²) in [5, 5.41) is 4.24. The summed E-state index contributed by atoms with van der Waals surface area (Å²) in [5.41, 5.74) is 0.764. The van der Waals surface area contributed by atoms with E-state index in [0.717, 1.165) is 23.9 Å². The zero-order valence-corrected chi connectivity index (χ0v) is 14.1. The molecule has 2 heterocycles. The topological polar surface area (TPSA) is 64.1 Å². The van der Waals surface area contributed by atoms with Crippen LogP contribution in [0, 0.1) is 12.8 Å². The summed E-state index contributed by atoms with van der Waals surface area (Å²) < 4.78 is 4.77. The van der Waals surface area contributed by atoms with Crippen molar-refractivity contribution in [2.24, 2.45) is 5.92 Å². The molecule has 5 nitrogen and oxygen atoms in total. The van der Waals surface area contributed by atoms with E-state index in [0.29, 0.717) is 26.7 Å². The number of methoxy groups -OCH3 is 1. The maximum Gasteiger partial charge on any atom is 0.348 e. The number of hydrogen-bond donors (Lipinski definition) is 1. The number of thiophene rings is 1. The summed E-state index contributed by atoms with van der Waals surface area (Å²) in [6.45, 7) is 6.92. The van der Waals surface area contributed by atoms with Gasteiger partial charge in [-0.2, -0.15) is 0 Å². The van der Waals surface area contributed by atoms with Crippen molar-refractivity contribution in [3.05, 3.63) is 15.6 Å². The fourth-order valence-corrected chi connectivity index (χ4v) is 3.40. The van der Waals surface area contributed by atoms with E-state index in [9.17, 15) is 4.79 Å². The predicted molar refractivity (Wildman–Crippen MR) is 86.4 cm³/mol. The van der Waals surface area contributed by atoms with E-state index in [4.69, 9.17) is 16.3 Å². The molecule has 0 aromatic carbocycles. The summed E-state index contributed by atoms with van der Waals surface area (Å²) in [4.78, 5) is 21.6. The van der Waals surface area contributed by atoms with Gasteiger partial charge in [0.15, 0.2) is 0 Å². The number of ether oxygens (including phenoxy) is 1. The molecule has 0 aliphatic rings. The van der Waals surface area contributed by atoms with Crippen molar-refractivity contribution in [3.8, 4) is 0 Å². The third-order valence-corrected chi connectivity index (χ3v) is 4.56. The molecular weight excluding hydrogens is 310 g/mol. The first-order valence-corrected chi connectivity index (χ1v) is 7.92. The van der Waals surface area contributed by atoms with Crippen LogP contribution in [0.2, 0.25) is 5.15 Å². The number of carbonyl (C=O) groups is 1. The highest BCUT2D eigenvalue weighted by atomic mass is 35.5. The molecule has 21 heavy (non-hydrogen) atoms. The maximum absolute atomic E-state index is 11.7. The summed E-state index contributed by atoms with van der Waals surface area (Å²) in [6.07, 6.45) is 1.02. The van der Waals surface area contributed by atoms with Crippen LogP contribution in [0.4, 0.5) is 5.95 Å². The first-order valence-electron chi connectivity index (χ1n) is 6.72. The van der Waals surface area contributed by atoms with Gasteiger partial charge in [-0.15, -0.1) is 11.3 Å². The van der Waals surface area contributed by atoms with Crippen LogP contribution in [0.3, 0.4) is 0 Å². The fourth-order valence-electron chi connectivity index (χ4n) is 1.93. The van der Waals surface area contributed by atoms with Crippen LogP contribution >= 0.6 is 22.9 Å². The van der Waals surface area contributed by atoms with E-state index in [-0.39, 0.29) is 5.97 Å². The monoisotopic (exact) mass is 327 g/mol. The zero-order chi connectivity index (χ0) is 15.6. The Kier molecular flexibility index (Phi) is 5.00. The lowest BCUT2D eigenvalue weighted by Gasteiger charge is -2.07. The Morgan fingerprint density at radius 2 is 2.14 bits per heavy atom. The Labute approximate surface area is 132 Å². The van der Waals surface area contributed by atoms with E-state index in [1.165, 1.54) is 18.4 Å². The number of halogens is 1. The first-order chi connectivity index (χ1) is 9.93. The average molecular weight is 328 g/mol. The van der Waals surface area contributed by atoms with E-state index in [2.05, 4.69) is 29.1 Å². The van der Waals surface area contributed by atoms with E-state index in [1.807, 2.05) is 6.92 Å². The van der Waals surface area contributed by atoms with Crippen LogP contribution in [-0.2, 0) is 4.74 Å². The molecule has 0 aliphatic carbocycles. The third kappa shape index (κ3) is 3.44. The molecule has 2 aromatic heterocycles. The second kappa shape index (κ2) is 6.58. The van der Waals surface area contributed by atoms with Crippen molar-refractivity contribution in [3.63, 3.8) is 0 Å². The number of nitrogens with one attached hydrogen (secondary N) is 1. The highest BCUT2D eigenvalue weighted by Gasteiger charge is 2.20. The Bertz CT molecular complexity index is 670. The summed E-state index contributed by atoms with van der Waals surface area (Å²) in [5.74, 6) is 0.721. The van der Waals surface area contributed by atoms with Crippen molar-refractivity contribution in [1.82, 2.24) is 9.97 Å². The maximum atomic E-state index is 11.7. The Morgan fingerprint density at radius 1 is 1.43 bits per heavy atom. The minimum absolute atomic E-state index is 0.357. The number of fused-ring (bicyclic) bond motifs is 1. The number of aryl methyl sites for hydroxylation is 1. The zero-order valence-electron chi connectivity index (χ0n) is 12.5. The molecule has 114 valence electrons. The van der Waals surface area contributed by atoms with Crippen LogP contribution in [0.5, 0.6) is 0 Å². The molecule has 0 amide bonds. The van der Waals surface area contributed by atoms with E-state index >= 15 is 0 Å². The van der Waals surface area contributed by atoms with Crippen molar-refractivity contribution in [2.45, 2.75) is 27.2 Å². The van der Waals surface area contributed by atoms with Crippen LogP contribution in [0.15, 0.2) is 0 Å². The Hall–Kier alpha value is -1.40. The second-order valence-electron chi connectivity index (χ2n) is 5.18. The number of hydrogen-bond acceptors (Lipinski definition) is 6. The number of nitrogens with zero attached hydrogens (tertiary/aromatic N) is 2. The molecular formula is C14H18ClN3O2S. The van der Waals surface area contributed by atoms with Gasteiger partial charge in [-0.1, -0.05) is 25.4 Å². The first kappa shape index (κ1) is 16.0. The number of rotatable bonds is 5. The second-order valence-corrected chi connectivity index (χ2v) is 6.53. The standard InChI is InChI=1S/C14H18ClN3O2S/c1-7(2)5-6-16-14-17-11(15)9-8(3)10(13(19)20-4)21-12(9)18-14/h7H,5-6H2,1-4H3,(H,16,17,18). The minimum atomic E-state index is -0.374. The number of carbonyl (C=O) groups excluding carboxylic acids is 1. The van der Waals surface area contributed by atoms with Gasteiger partial charge in [0.05, 0.1) is 12.5 Å². The van der Waals surface area contributed by atoms with Gasteiger partial charge in [0.2, 0.25) is 5.95 Å². The molecule has 1 N–H and O–H groups in total. The van der Waals surface area contributed by atoms with Crippen molar-refractivity contribution >= 4 is 45.1 Å². The molecule has 0 aliphatic heterocycles.